The molecule has 1 aliphatic rings. The van der Waals surface area contributed by atoms with Gasteiger partial charge in [0.15, 0.2) is 0 Å². The molecule has 1 aliphatic heterocycles. The standard InChI is InChI=1S/C49H70N2/c1-5-9-13-16-17-18-19-20-21-22-23-24-25-26-28-35-43-37-31-32-39-44(43)48-46(38-12-8-4)47(41-29-15-11-7-3)49(51(48)50)45-40-33-30-36-42(45)34-27-14-10-6-2/h30-33,36-37,39-40H,5,7-9,11-24,27-29,34-35,38,41H2,1-4H3. The summed E-state index contributed by atoms with van der Waals surface area (Å²) in [4.78, 5) is 0. The van der Waals surface area contributed by atoms with E-state index in [2.05, 4.69) is 93.0 Å². The van der Waals surface area contributed by atoms with Gasteiger partial charge in [-0.15, -0.1) is 23.7 Å². The van der Waals surface area contributed by atoms with Crippen LogP contribution in [-0.2, 0) is 12.8 Å². The molecule has 0 atom stereocenters. The van der Waals surface area contributed by atoms with Gasteiger partial charge in [-0.2, -0.15) is 0 Å². The molecule has 51 heavy (non-hydrogen) atoms. The first-order chi connectivity index (χ1) is 25.2. The van der Waals surface area contributed by atoms with Gasteiger partial charge in [0.05, 0.1) is 0 Å². The summed E-state index contributed by atoms with van der Waals surface area (Å²) in [6.07, 6.45) is 29.8. The number of unbranched alkanes of at least 4 members (excludes halogenated alkanes) is 16. The van der Waals surface area contributed by atoms with Gasteiger partial charge in [0.1, 0.15) is 0 Å². The maximum absolute atomic E-state index is 12.3. The molecule has 1 heterocycles. The fourth-order valence-electron chi connectivity index (χ4n) is 7.51. The largest absolute Gasteiger partial charge is 0.493 e. The number of hydrogen-bond donors (Lipinski definition) is 0. The summed E-state index contributed by atoms with van der Waals surface area (Å²) in [7, 11) is 0. The highest BCUT2D eigenvalue weighted by Crippen LogP contribution is 2.46. The summed E-state index contributed by atoms with van der Waals surface area (Å²) in [6.45, 7) is 8.76. The first-order valence-corrected chi connectivity index (χ1v) is 21.1. The van der Waals surface area contributed by atoms with E-state index in [1.165, 1.54) is 118 Å². The normalized spacial score (nSPS) is 12.7. The molecule has 0 bridgehead atoms. The van der Waals surface area contributed by atoms with Crippen LogP contribution >= 0.6 is 0 Å². The van der Waals surface area contributed by atoms with Gasteiger partial charge in [-0.05, 0) is 81.5 Å². The Morgan fingerprint density at radius 1 is 0.451 bits per heavy atom. The maximum Gasteiger partial charge on any atom is 0.211 e. The van der Waals surface area contributed by atoms with Crippen molar-refractivity contribution in [2.75, 3.05) is 0 Å². The average Bonchev–Trinajstić information content (AvgIpc) is 3.42. The zero-order chi connectivity index (χ0) is 36.4. The Hall–Kier alpha value is -3.36. The second-order valence-corrected chi connectivity index (χ2v) is 14.6. The van der Waals surface area contributed by atoms with E-state index in [0.29, 0.717) is 0 Å². The molecule has 2 aromatic rings. The molecule has 0 N–H and O–H groups in total. The van der Waals surface area contributed by atoms with Gasteiger partial charge in [0.2, 0.25) is 11.4 Å². The van der Waals surface area contributed by atoms with Gasteiger partial charge in [-0.25, -0.2) is 4.70 Å². The van der Waals surface area contributed by atoms with Gasteiger partial charge in [0, 0.05) is 41.5 Å². The number of rotatable bonds is 26. The Morgan fingerprint density at radius 3 is 1.47 bits per heavy atom. The summed E-state index contributed by atoms with van der Waals surface area (Å²) >= 11 is 0. The minimum atomic E-state index is 0.853. The SMILES string of the molecule is CC#CCCCc1ccccc1C1=C(CCCCCC)C(CCCC)=C(c2ccccc2CCC#CCCCCCCCCCCCCC)[N+]1=[N-]. The predicted molar refractivity (Wildman–Crippen MR) is 222 cm³/mol. The van der Waals surface area contributed by atoms with Crippen LogP contribution < -0.4 is 0 Å². The van der Waals surface area contributed by atoms with Crippen LogP contribution in [-0.4, -0.2) is 4.70 Å². The van der Waals surface area contributed by atoms with E-state index < -0.39 is 0 Å². The highest BCUT2D eigenvalue weighted by atomic mass is 15.2. The summed E-state index contributed by atoms with van der Waals surface area (Å²) < 4.78 is 1.59. The van der Waals surface area contributed by atoms with Crippen molar-refractivity contribution in [3.63, 3.8) is 0 Å². The van der Waals surface area contributed by atoms with Gasteiger partial charge in [0.25, 0.3) is 0 Å². The minimum absolute atomic E-state index is 0.853. The molecule has 2 nitrogen and oxygen atoms in total. The molecule has 0 radical (unpaired) electrons. The summed E-state index contributed by atoms with van der Waals surface area (Å²) in [5.74, 6) is 13.3. The van der Waals surface area contributed by atoms with Gasteiger partial charge < -0.3 is 5.53 Å². The van der Waals surface area contributed by atoms with Crippen molar-refractivity contribution in [2.24, 2.45) is 0 Å². The fourth-order valence-corrected chi connectivity index (χ4v) is 7.51. The fraction of sp³-hybridized carbons (Fsp3) is 0.592. The summed E-state index contributed by atoms with van der Waals surface area (Å²) in [5.41, 5.74) is 21.9. The molecular formula is C49H70N2. The van der Waals surface area contributed by atoms with Crippen LogP contribution in [0, 0.1) is 23.7 Å². The quantitative estimate of drug-likeness (QED) is 0.0535. The Morgan fingerprint density at radius 2 is 0.902 bits per heavy atom. The molecular weight excluding hydrogens is 617 g/mol. The van der Waals surface area contributed by atoms with Crippen molar-refractivity contribution in [3.05, 3.63) is 87.5 Å². The lowest BCUT2D eigenvalue weighted by Crippen LogP contribution is -2.07. The van der Waals surface area contributed by atoms with Gasteiger partial charge >= 0.3 is 0 Å². The first kappa shape index (κ1) is 42.1. The van der Waals surface area contributed by atoms with Gasteiger partial charge in [-0.1, -0.05) is 147 Å². The Bertz CT molecular complexity index is 1500. The topological polar surface area (TPSA) is 25.3 Å². The Kier molecular flexibility index (Phi) is 21.8. The molecule has 0 unspecified atom stereocenters. The lowest BCUT2D eigenvalue weighted by Gasteiger charge is -2.14. The highest BCUT2D eigenvalue weighted by Gasteiger charge is 2.36. The van der Waals surface area contributed by atoms with Crippen molar-refractivity contribution in [1.29, 1.82) is 0 Å². The minimum Gasteiger partial charge on any atom is -0.493 e. The molecule has 0 fully saturated rings. The van der Waals surface area contributed by atoms with Crippen LogP contribution in [0.4, 0.5) is 0 Å². The monoisotopic (exact) mass is 687 g/mol. The number of aryl methyl sites for hydroxylation is 2. The first-order valence-electron chi connectivity index (χ1n) is 21.1. The molecule has 2 aromatic carbocycles. The van der Waals surface area contributed by atoms with E-state index in [1.807, 2.05) is 6.92 Å². The second-order valence-electron chi connectivity index (χ2n) is 14.6. The smallest absolute Gasteiger partial charge is 0.211 e. The summed E-state index contributed by atoms with van der Waals surface area (Å²) in [6, 6.07) is 17.5. The third-order valence-electron chi connectivity index (χ3n) is 10.4. The zero-order valence-electron chi connectivity index (χ0n) is 33.2. The molecule has 0 saturated carbocycles. The third kappa shape index (κ3) is 14.7. The summed E-state index contributed by atoms with van der Waals surface area (Å²) in [5, 5.41) is 0. The lowest BCUT2D eigenvalue weighted by atomic mass is 9.89. The van der Waals surface area contributed by atoms with E-state index >= 15 is 0 Å². The van der Waals surface area contributed by atoms with Crippen molar-refractivity contribution in [2.45, 2.75) is 188 Å². The molecule has 0 aliphatic carbocycles. The van der Waals surface area contributed by atoms with E-state index in [0.717, 1.165) is 87.6 Å². The van der Waals surface area contributed by atoms with Crippen molar-refractivity contribution >= 4 is 11.4 Å². The van der Waals surface area contributed by atoms with Crippen molar-refractivity contribution in [3.8, 4) is 23.7 Å². The van der Waals surface area contributed by atoms with E-state index in [1.54, 1.807) is 4.70 Å². The third-order valence-corrected chi connectivity index (χ3v) is 10.4. The molecule has 0 aromatic heterocycles. The zero-order valence-corrected chi connectivity index (χ0v) is 33.2. The molecule has 0 spiro atoms. The van der Waals surface area contributed by atoms with E-state index in [9.17, 15) is 5.53 Å². The molecule has 276 valence electrons. The average molecular weight is 687 g/mol. The number of allylic oxidation sites excluding steroid dienone is 2. The van der Waals surface area contributed by atoms with Crippen LogP contribution in [0.1, 0.15) is 198 Å². The molecule has 0 saturated heterocycles. The van der Waals surface area contributed by atoms with Crippen LogP contribution in [0.15, 0.2) is 59.7 Å². The molecule has 2 heteroatoms. The van der Waals surface area contributed by atoms with Crippen molar-refractivity contribution < 1.29 is 4.70 Å². The van der Waals surface area contributed by atoms with Crippen molar-refractivity contribution in [1.82, 2.24) is 0 Å². The predicted octanol–water partition coefficient (Wildman–Crippen LogP) is 15.0. The molecule has 3 rings (SSSR count). The van der Waals surface area contributed by atoms with Crippen LogP contribution in [0.5, 0.6) is 0 Å². The number of benzene rings is 2. The Labute approximate surface area is 314 Å². The van der Waals surface area contributed by atoms with Gasteiger partial charge in [-0.3, -0.25) is 0 Å². The number of nitrogens with zero attached hydrogens (tertiary/aromatic N) is 2. The second kappa shape index (κ2) is 26.4. The lowest BCUT2D eigenvalue weighted by molar-refractivity contribution is -0.345. The molecule has 0 amide bonds. The van der Waals surface area contributed by atoms with E-state index in [4.69, 9.17) is 0 Å². The van der Waals surface area contributed by atoms with E-state index in [-0.39, 0.29) is 0 Å². The number of hydrogen-bond acceptors (Lipinski definition) is 0. The van der Waals surface area contributed by atoms with Crippen LogP contribution in [0.25, 0.3) is 16.9 Å². The van der Waals surface area contributed by atoms with Crippen LogP contribution in [0.2, 0.25) is 0 Å². The Balaban J connectivity index is 1.74. The maximum atomic E-state index is 12.3. The highest BCUT2D eigenvalue weighted by molar-refractivity contribution is 5.83. The van der Waals surface area contributed by atoms with Crippen LogP contribution in [0.3, 0.4) is 0 Å².